The van der Waals surface area contributed by atoms with Crippen molar-refractivity contribution in [1.82, 2.24) is 4.90 Å². The summed E-state index contributed by atoms with van der Waals surface area (Å²) in [7, 11) is 0. The molecule has 0 amide bonds. The van der Waals surface area contributed by atoms with Crippen molar-refractivity contribution in [1.29, 1.82) is 0 Å². The molecule has 0 radical (unpaired) electrons. The quantitative estimate of drug-likeness (QED) is 0.776. The van der Waals surface area contributed by atoms with Crippen LogP contribution >= 0.6 is 0 Å². The highest BCUT2D eigenvalue weighted by Crippen LogP contribution is 2.35. The van der Waals surface area contributed by atoms with E-state index in [4.69, 9.17) is 5.73 Å². The van der Waals surface area contributed by atoms with E-state index in [1.165, 1.54) is 32.4 Å². The summed E-state index contributed by atoms with van der Waals surface area (Å²) in [6.45, 7) is 12.7. The van der Waals surface area contributed by atoms with Gasteiger partial charge in [-0.15, -0.1) is 0 Å². The molecule has 0 saturated carbocycles. The Hall–Kier alpha value is -0.0800. The number of hydrogen-bond acceptors (Lipinski definition) is 2. The van der Waals surface area contributed by atoms with Crippen LogP contribution in [-0.2, 0) is 0 Å². The molecule has 1 saturated heterocycles. The van der Waals surface area contributed by atoms with Gasteiger partial charge in [-0.2, -0.15) is 0 Å². The summed E-state index contributed by atoms with van der Waals surface area (Å²) in [5, 5.41) is 0. The largest absolute Gasteiger partial charge is 0.330 e. The second-order valence-electron chi connectivity index (χ2n) is 5.65. The zero-order chi connectivity index (χ0) is 11.5. The lowest BCUT2D eigenvalue weighted by Crippen LogP contribution is -2.46. The molecule has 1 heterocycles. The van der Waals surface area contributed by atoms with Crippen LogP contribution in [0, 0.1) is 11.3 Å². The normalized spacial score (nSPS) is 26.2. The van der Waals surface area contributed by atoms with Crippen molar-refractivity contribution in [2.24, 2.45) is 17.1 Å². The third kappa shape index (κ3) is 3.18. The van der Waals surface area contributed by atoms with E-state index in [-0.39, 0.29) is 0 Å². The molecule has 1 aliphatic heterocycles. The first-order valence-electron chi connectivity index (χ1n) is 6.46. The van der Waals surface area contributed by atoms with Crippen LogP contribution in [0.1, 0.15) is 47.0 Å². The highest BCUT2D eigenvalue weighted by molar-refractivity contribution is 4.84. The molecular formula is C13H28N2. The summed E-state index contributed by atoms with van der Waals surface area (Å²) < 4.78 is 0. The maximum absolute atomic E-state index is 5.73. The fourth-order valence-electron chi connectivity index (χ4n) is 2.38. The Morgan fingerprint density at radius 1 is 1.27 bits per heavy atom. The van der Waals surface area contributed by atoms with Gasteiger partial charge in [0.25, 0.3) is 0 Å². The minimum absolute atomic E-state index is 0.599. The highest BCUT2D eigenvalue weighted by Gasteiger charge is 2.31. The van der Waals surface area contributed by atoms with Gasteiger partial charge in [0, 0.05) is 6.04 Å². The topological polar surface area (TPSA) is 29.3 Å². The van der Waals surface area contributed by atoms with E-state index < -0.39 is 0 Å². The number of hydrogen-bond donors (Lipinski definition) is 1. The van der Waals surface area contributed by atoms with Crippen molar-refractivity contribution < 1.29 is 0 Å². The van der Waals surface area contributed by atoms with Gasteiger partial charge in [-0.05, 0) is 50.7 Å². The fraction of sp³-hybridized carbons (Fsp3) is 1.00. The van der Waals surface area contributed by atoms with E-state index in [0.29, 0.717) is 17.4 Å². The Kier molecular flexibility index (Phi) is 4.60. The molecule has 2 heteroatoms. The average Bonchev–Trinajstić information content (AvgIpc) is 2.28. The average molecular weight is 212 g/mol. The summed E-state index contributed by atoms with van der Waals surface area (Å²) in [5.41, 5.74) is 6.33. The van der Waals surface area contributed by atoms with Gasteiger partial charge in [-0.1, -0.05) is 27.2 Å². The molecular weight excluding hydrogens is 184 g/mol. The van der Waals surface area contributed by atoms with Crippen LogP contribution in [0.4, 0.5) is 0 Å². The SMILES string of the molecule is CCC1(C)CCN(C(C)C(C)CN)CC1. The molecule has 0 spiro atoms. The first-order chi connectivity index (χ1) is 7.02. The lowest BCUT2D eigenvalue weighted by atomic mass is 9.77. The number of piperidine rings is 1. The summed E-state index contributed by atoms with van der Waals surface area (Å²) in [6, 6.07) is 0.649. The lowest BCUT2D eigenvalue weighted by Gasteiger charge is -2.43. The van der Waals surface area contributed by atoms with E-state index >= 15 is 0 Å². The molecule has 2 atom stereocenters. The minimum Gasteiger partial charge on any atom is -0.330 e. The number of nitrogens with two attached hydrogens (primary N) is 1. The van der Waals surface area contributed by atoms with Crippen molar-refractivity contribution in [2.45, 2.75) is 53.0 Å². The Balaban J connectivity index is 2.43. The fourth-order valence-corrected chi connectivity index (χ4v) is 2.38. The maximum atomic E-state index is 5.73. The smallest absolute Gasteiger partial charge is 0.0105 e. The molecule has 0 aromatic heterocycles. The monoisotopic (exact) mass is 212 g/mol. The summed E-state index contributed by atoms with van der Waals surface area (Å²) in [5.74, 6) is 0.621. The van der Waals surface area contributed by atoms with Gasteiger partial charge in [0.05, 0.1) is 0 Å². The first kappa shape index (κ1) is 13.0. The second-order valence-corrected chi connectivity index (χ2v) is 5.65. The molecule has 0 aromatic rings. The molecule has 1 fully saturated rings. The summed E-state index contributed by atoms with van der Waals surface area (Å²) >= 11 is 0. The zero-order valence-corrected chi connectivity index (χ0v) is 10.9. The third-order valence-electron chi connectivity index (χ3n) is 4.63. The van der Waals surface area contributed by atoms with Crippen LogP contribution in [0.2, 0.25) is 0 Å². The van der Waals surface area contributed by atoms with Crippen molar-refractivity contribution in [3.8, 4) is 0 Å². The van der Waals surface area contributed by atoms with Crippen molar-refractivity contribution in [2.75, 3.05) is 19.6 Å². The maximum Gasteiger partial charge on any atom is 0.0105 e. The Morgan fingerprint density at radius 3 is 2.20 bits per heavy atom. The van der Waals surface area contributed by atoms with Gasteiger partial charge in [-0.3, -0.25) is 0 Å². The van der Waals surface area contributed by atoms with Crippen LogP contribution in [0.15, 0.2) is 0 Å². The standard InChI is InChI=1S/C13H28N2/c1-5-13(4)6-8-15(9-7-13)12(3)11(2)10-14/h11-12H,5-10,14H2,1-4H3. The Labute approximate surface area is 95.2 Å². The van der Waals surface area contributed by atoms with Crippen LogP contribution in [0.3, 0.4) is 0 Å². The minimum atomic E-state index is 0.599. The van der Waals surface area contributed by atoms with E-state index in [1.54, 1.807) is 0 Å². The molecule has 0 aliphatic carbocycles. The molecule has 2 nitrogen and oxygen atoms in total. The molecule has 0 bridgehead atoms. The van der Waals surface area contributed by atoms with Crippen LogP contribution in [0.5, 0.6) is 0 Å². The van der Waals surface area contributed by atoms with E-state index in [1.807, 2.05) is 0 Å². The van der Waals surface area contributed by atoms with E-state index in [9.17, 15) is 0 Å². The molecule has 0 aromatic carbocycles. The van der Waals surface area contributed by atoms with E-state index in [0.717, 1.165) is 6.54 Å². The third-order valence-corrected chi connectivity index (χ3v) is 4.63. The lowest BCUT2D eigenvalue weighted by molar-refractivity contribution is 0.0683. The zero-order valence-electron chi connectivity index (χ0n) is 10.9. The summed E-state index contributed by atoms with van der Waals surface area (Å²) in [6.07, 6.45) is 4.03. The second kappa shape index (κ2) is 5.31. The number of rotatable bonds is 4. The van der Waals surface area contributed by atoms with Crippen molar-refractivity contribution in [3.05, 3.63) is 0 Å². The molecule has 1 rings (SSSR count). The van der Waals surface area contributed by atoms with Crippen LogP contribution < -0.4 is 5.73 Å². The summed E-state index contributed by atoms with van der Waals surface area (Å²) in [4.78, 5) is 2.62. The first-order valence-corrected chi connectivity index (χ1v) is 6.46. The molecule has 2 unspecified atom stereocenters. The van der Waals surface area contributed by atoms with Gasteiger partial charge in [-0.25, -0.2) is 0 Å². The van der Waals surface area contributed by atoms with Gasteiger partial charge in [0.2, 0.25) is 0 Å². The number of likely N-dealkylation sites (tertiary alicyclic amines) is 1. The van der Waals surface area contributed by atoms with E-state index in [2.05, 4.69) is 32.6 Å². The predicted molar refractivity (Wildman–Crippen MR) is 66.9 cm³/mol. The molecule has 90 valence electrons. The van der Waals surface area contributed by atoms with Crippen LogP contribution in [0.25, 0.3) is 0 Å². The van der Waals surface area contributed by atoms with Gasteiger partial charge in [0.15, 0.2) is 0 Å². The van der Waals surface area contributed by atoms with Crippen molar-refractivity contribution >= 4 is 0 Å². The van der Waals surface area contributed by atoms with Crippen LogP contribution in [-0.4, -0.2) is 30.6 Å². The van der Waals surface area contributed by atoms with Crippen molar-refractivity contribution in [3.63, 3.8) is 0 Å². The van der Waals surface area contributed by atoms with Gasteiger partial charge in [0.1, 0.15) is 0 Å². The Bertz CT molecular complexity index is 183. The predicted octanol–water partition coefficient (Wildman–Crippen LogP) is 2.48. The molecule has 15 heavy (non-hydrogen) atoms. The molecule has 1 aliphatic rings. The Morgan fingerprint density at radius 2 is 1.80 bits per heavy atom. The highest BCUT2D eigenvalue weighted by atomic mass is 15.2. The molecule has 2 N–H and O–H groups in total. The van der Waals surface area contributed by atoms with Gasteiger partial charge >= 0.3 is 0 Å². The van der Waals surface area contributed by atoms with Gasteiger partial charge < -0.3 is 10.6 Å². The number of nitrogens with zero attached hydrogens (tertiary/aromatic N) is 1.